The Morgan fingerprint density at radius 1 is 1.33 bits per heavy atom. The van der Waals surface area contributed by atoms with E-state index in [9.17, 15) is 4.79 Å². The van der Waals surface area contributed by atoms with Gasteiger partial charge in [0.15, 0.2) is 5.69 Å². The average molecular weight is 305 g/mol. The highest BCUT2D eigenvalue weighted by Gasteiger charge is 2.16. The molecule has 0 aliphatic carbocycles. The number of hydrogen-bond acceptors (Lipinski definition) is 4. The molecule has 1 amide bonds. The second-order valence-corrected chi connectivity index (χ2v) is 5.30. The predicted octanol–water partition coefficient (Wildman–Crippen LogP) is 3.55. The van der Waals surface area contributed by atoms with Crippen molar-refractivity contribution in [2.24, 2.45) is 0 Å². The number of amides is 1. The van der Waals surface area contributed by atoms with Gasteiger partial charge >= 0.3 is 0 Å². The van der Waals surface area contributed by atoms with Crippen LogP contribution < -0.4 is 10.6 Å². The third-order valence-corrected chi connectivity index (χ3v) is 3.13. The van der Waals surface area contributed by atoms with Crippen molar-refractivity contribution < 1.29 is 4.79 Å². The molecule has 21 heavy (non-hydrogen) atoms. The van der Waals surface area contributed by atoms with Gasteiger partial charge in [0.05, 0.1) is 11.9 Å². The van der Waals surface area contributed by atoms with Gasteiger partial charge < -0.3 is 10.6 Å². The lowest BCUT2D eigenvalue weighted by Crippen LogP contribution is -2.17. The van der Waals surface area contributed by atoms with Gasteiger partial charge in [0.2, 0.25) is 0 Å². The fourth-order valence-corrected chi connectivity index (χ4v) is 1.98. The minimum atomic E-state index is -0.300. The Hall–Kier alpha value is -2.14. The summed E-state index contributed by atoms with van der Waals surface area (Å²) < 4.78 is 0. The Morgan fingerprint density at radius 2 is 2.10 bits per heavy atom. The molecule has 0 radical (unpaired) electrons. The number of hydrogen-bond donors (Lipinski definition) is 2. The molecule has 0 saturated heterocycles. The lowest BCUT2D eigenvalue weighted by molar-refractivity contribution is 0.102. The largest absolute Gasteiger partial charge is 0.385 e. The number of nitrogens with one attached hydrogen (secondary N) is 2. The first-order valence-electron chi connectivity index (χ1n) is 6.63. The van der Waals surface area contributed by atoms with E-state index in [0.717, 1.165) is 0 Å². The van der Waals surface area contributed by atoms with Crippen molar-refractivity contribution in [1.29, 1.82) is 0 Å². The van der Waals surface area contributed by atoms with E-state index in [2.05, 4.69) is 20.6 Å². The Balaban J connectivity index is 2.31. The normalized spacial score (nSPS) is 10.5. The molecular formula is C15H17ClN4O. The van der Waals surface area contributed by atoms with Crippen LogP contribution in [0.15, 0.2) is 30.5 Å². The lowest BCUT2D eigenvalue weighted by atomic mass is 10.2. The van der Waals surface area contributed by atoms with E-state index in [0.29, 0.717) is 27.9 Å². The molecule has 0 atom stereocenters. The van der Waals surface area contributed by atoms with Crippen LogP contribution in [0.2, 0.25) is 5.02 Å². The summed E-state index contributed by atoms with van der Waals surface area (Å²) in [4.78, 5) is 21.0. The predicted molar refractivity (Wildman–Crippen MR) is 85.1 cm³/mol. The molecule has 2 rings (SSSR count). The molecule has 2 aromatic rings. The Kier molecular flexibility index (Phi) is 4.75. The molecule has 0 fully saturated rings. The minimum Gasteiger partial charge on any atom is -0.385 e. The van der Waals surface area contributed by atoms with Gasteiger partial charge in [0, 0.05) is 23.7 Å². The number of halogens is 1. The Morgan fingerprint density at radius 3 is 2.71 bits per heavy atom. The van der Waals surface area contributed by atoms with Crippen molar-refractivity contribution in [3.8, 4) is 0 Å². The smallest absolute Gasteiger partial charge is 0.276 e. The third kappa shape index (κ3) is 3.70. The van der Waals surface area contributed by atoms with Gasteiger partial charge in [-0.3, -0.25) is 4.79 Å². The van der Waals surface area contributed by atoms with E-state index in [-0.39, 0.29) is 11.8 Å². The van der Waals surface area contributed by atoms with Crippen molar-refractivity contribution in [3.05, 3.63) is 47.0 Å². The second kappa shape index (κ2) is 6.54. The average Bonchev–Trinajstić information content (AvgIpc) is 2.46. The zero-order valence-corrected chi connectivity index (χ0v) is 12.9. The molecule has 1 aromatic carbocycles. The first kappa shape index (κ1) is 15.3. The summed E-state index contributed by atoms with van der Waals surface area (Å²) in [5.41, 5.74) is 1.52. The maximum Gasteiger partial charge on any atom is 0.276 e. The fourth-order valence-electron chi connectivity index (χ4n) is 1.79. The molecule has 0 unspecified atom stereocenters. The number of anilines is 2. The molecule has 2 N–H and O–H groups in total. The van der Waals surface area contributed by atoms with Gasteiger partial charge in [-0.2, -0.15) is 0 Å². The SMILES string of the molecule is CNc1cnc(C(C)C)nc1C(=O)Nc1cccc(Cl)c1. The summed E-state index contributed by atoms with van der Waals surface area (Å²) in [6.07, 6.45) is 1.62. The van der Waals surface area contributed by atoms with Crippen LogP contribution in [0.3, 0.4) is 0 Å². The zero-order valence-electron chi connectivity index (χ0n) is 12.1. The van der Waals surface area contributed by atoms with E-state index >= 15 is 0 Å². The van der Waals surface area contributed by atoms with Gasteiger partial charge in [-0.25, -0.2) is 9.97 Å². The van der Waals surface area contributed by atoms with E-state index < -0.39 is 0 Å². The van der Waals surface area contributed by atoms with Crippen molar-refractivity contribution in [2.75, 3.05) is 17.7 Å². The number of aromatic nitrogens is 2. The maximum atomic E-state index is 12.4. The topological polar surface area (TPSA) is 66.9 Å². The molecule has 0 spiro atoms. The van der Waals surface area contributed by atoms with Crippen LogP contribution in [0.5, 0.6) is 0 Å². The number of carbonyl (C=O) groups is 1. The summed E-state index contributed by atoms with van der Waals surface area (Å²) in [7, 11) is 1.73. The van der Waals surface area contributed by atoms with E-state index in [1.165, 1.54) is 0 Å². The van der Waals surface area contributed by atoms with Gasteiger partial charge in [-0.1, -0.05) is 31.5 Å². The van der Waals surface area contributed by atoms with Crippen molar-refractivity contribution in [3.63, 3.8) is 0 Å². The minimum absolute atomic E-state index is 0.147. The summed E-state index contributed by atoms with van der Waals surface area (Å²) in [6.45, 7) is 3.96. The Labute approximate surface area is 128 Å². The molecule has 1 aromatic heterocycles. The Bertz CT molecular complexity index is 658. The molecule has 6 heteroatoms. The van der Waals surface area contributed by atoms with E-state index in [4.69, 9.17) is 11.6 Å². The van der Waals surface area contributed by atoms with Crippen molar-refractivity contribution >= 4 is 28.9 Å². The van der Waals surface area contributed by atoms with E-state index in [1.54, 1.807) is 37.5 Å². The molecule has 0 aliphatic heterocycles. The molecule has 110 valence electrons. The molecule has 0 aliphatic rings. The number of rotatable bonds is 4. The summed E-state index contributed by atoms with van der Waals surface area (Å²) >= 11 is 5.91. The van der Waals surface area contributed by atoms with Crippen molar-refractivity contribution in [1.82, 2.24) is 9.97 Å². The second-order valence-electron chi connectivity index (χ2n) is 4.86. The van der Waals surface area contributed by atoms with Gasteiger partial charge in [-0.05, 0) is 18.2 Å². The molecule has 5 nitrogen and oxygen atoms in total. The summed E-state index contributed by atoms with van der Waals surface area (Å²) in [5.74, 6) is 0.477. The highest BCUT2D eigenvalue weighted by molar-refractivity contribution is 6.31. The summed E-state index contributed by atoms with van der Waals surface area (Å²) in [6, 6.07) is 6.98. The van der Waals surface area contributed by atoms with Crippen LogP contribution in [-0.4, -0.2) is 22.9 Å². The zero-order chi connectivity index (χ0) is 15.4. The van der Waals surface area contributed by atoms with Crippen LogP contribution in [0.1, 0.15) is 36.1 Å². The van der Waals surface area contributed by atoms with Gasteiger partial charge in [-0.15, -0.1) is 0 Å². The molecule has 1 heterocycles. The van der Waals surface area contributed by atoms with Crippen molar-refractivity contribution in [2.45, 2.75) is 19.8 Å². The van der Waals surface area contributed by atoms with Crippen LogP contribution in [0, 0.1) is 0 Å². The number of carbonyl (C=O) groups excluding carboxylic acids is 1. The quantitative estimate of drug-likeness (QED) is 0.906. The van der Waals surface area contributed by atoms with Crippen LogP contribution >= 0.6 is 11.6 Å². The van der Waals surface area contributed by atoms with E-state index in [1.807, 2.05) is 13.8 Å². The van der Waals surface area contributed by atoms with Crippen LogP contribution in [0.4, 0.5) is 11.4 Å². The molecule has 0 saturated carbocycles. The maximum absolute atomic E-state index is 12.4. The lowest BCUT2D eigenvalue weighted by Gasteiger charge is -2.11. The third-order valence-electron chi connectivity index (χ3n) is 2.89. The number of benzene rings is 1. The fraction of sp³-hybridized carbons (Fsp3) is 0.267. The van der Waals surface area contributed by atoms with Crippen LogP contribution in [0.25, 0.3) is 0 Å². The monoisotopic (exact) mass is 304 g/mol. The molecular weight excluding hydrogens is 288 g/mol. The first-order valence-corrected chi connectivity index (χ1v) is 7.00. The van der Waals surface area contributed by atoms with Gasteiger partial charge in [0.1, 0.15) is 5.82 Å². The first-order chi connectivity index (χ1) is 10.0. The standard InChI is InChI=1S/C15H17ClN4O/c1-9(2)14-18-8-12(17-3)13(20-14)15(21)19-11-6-4-5-10(16)7-11/h4-9,17H,1-3H3,(H,19,21). The highest BCUT2D eigenvalue weighted by atomic mass is 35.5. The molecule has 0 bridgehead atoms. The van der Waals surface area contributed by atoms with Crippen LogP contribution in [-0.2, 0) is 0 Å². The summed E-state index contributed by atoms with van der Waals surface area (Å²) in [5, 5.41) is 6.28. The number of nitrogens with zero attached hydrogens (tertiary/aromatic N) is 2. The highest BCUT2D eigenvalue weighted by Crippen LogP contribution is 2.19. The van der Waals surface area contributed by atoms with Gasteiger partial charge in [0.25, 0.3) is 5.91 Å².